The van der Waals surface area contributed by atoms with Gasteiger partial charge in [-0.3, -0.25) is 0 Å². The van der Waals surface area contributed by atoms with Gasteiger partial charge in [-0.05, 0) is 60.4 Å². The van der Waals surface area contributed by atoms with Crippen LogP contribution in [0.1, 0.15) is 53.9 Å². The zero-order valence-electron chi connectivity index (χ0n) is 22.2. The normalized spacial score (nSPS) is 14.6. The molecule has 5 aromatic rings. The van der Waals surface area contributed by atoms with E-state index in [-0.39, 0.29) is 12.1 Å². The molecule has 2 amide bonds. The molecule has 6 nitrogen and oxygen atoms in total. The molecule has 1 N–H and O–H groups in total. The molecule has 2 aromatic heterocycles. The van der Waals surface area contributed by atoms with E-state index in [2.05, 4.69) is 60.3 Å². The van der Waals surface area contributed by atoms with Gasteiger partial charge in [0.1, 0.15) is 5.82 Å². The second-order valence-corrected chi connectivity index (χ2v) is 10.6. The Morgan fingerprint density at radius 3 is 2.38 bits per heavy atom. The number of hydrogen-bond acceptors (Lipinski definition) is 2. The molecule has 0 saturated heterocycles. The first-order valence-corrected chi connectivity index (χ1v) is 13.5. The number of nitrogens with zero attached hydrogens (tertiary/aromatic N) is 4. The zero-order valence-corrected chi connectivity index (χ0v) is 22.9. The van der Waals surface area contributed by atoms with Gasteiger partial charge < -0.3 is 14.8 Å². The molecule has 196 valence electrons. The van der Waals surface area contributed by atoms with E-state index < -0.39 is 0 Å². The molecule has 0 spiro atoms. The minimum absolute atomic E-state index is 0.228. The first-order valence-electron chi connectivity index (χ1n) is 13.2. The number of halogens is 1. The van der Waals surface area contributed by atoms with E-state index in [4.69, 9.17) is 16.7 Å². The van der Waals surface area contributed by atoms with Gasteiger partial charge in [-0.1, -0.05) is 80.0 Å². The standard InChI is InChI=1S/C32H30ClN5O/c1-21(2)23-15-17-24(18-16-23)30-29-14-9-19-36(29)31-26(22(3)35-38(31)25-10-5-4-6-11-25)20-37(30)32(39)34-28-13-8-7-12-27(28)33/h4-19,21,30H,20H2,1-3H3,(H,34,39). The number of urea groups is 1. The highest BCUT2D eigenvalue weighted by Crippen LogP contribution is 2.39. The van der Waals surface area contributed by atoms with Crippen molar-refractivity contribution in [1.82, 2.24) is 19.2 Å². The summed E-state index contributed by atoms with van der Waals surface area (Å²) in [5.41, 5.74) is 6.69. The third-order valence-electron chi connectivity index (χ3n) is 7.38. The maximum absolute atomic E-state index is 14.1. The molecule has 0 bridgehead atoms. The maximum Gasteiger partial charge on any atom is 0.323 e. The smallest absolute Gasteiger partial charge is 0.307 e. The summed E-state index contributed by atoms with van der Waals surface area (Å²) < 4.78 is 4.15. The van der Waals surface area contributed by atoms with Gasteiger partial charge in [0.05, 0.1) is 40.4 Å². The quantitative estimate of drug-likeness (QED) is 0.254. The van der Waals surface area contributed by atoms with Crippen molar-refractivity contribution in [2.24, 2.45) is 0 Å². The number of fused-ring (bicyclic) bond motifs is 3. The number of carbonyl (C=O) groups excluding carboxylic acids is 1. The van der Waals surface area contributed by atoms with Crippen LogP contribution in [0, 0.1) is 6.92 Å². The van der Waals surface area contributed by atoms with Gasteiger partial charge >= 0.3 is 6.03 Å². The topological polar surface area (TPSA) is 55.1 Å². The highest BCUT2D eigenvalue weighted by atomic mass is 35.5. The lowest BCUT2D eigenvalue weighted by Crippen LogP contribution is -2.38. The monoisotopic (exact) mass is 535 g/mol. The first kappa shape index (κ1) is 25.0. The number of amides is 2. The molecule has 0 saturated carbocycles. The van der Waals surface area contributed by atoms with Crippen LogP contribution in [-0.4, -0.2) is 25.3 Å². The molecule has 39 heavy (non-hydrogen) atoms. The van der Waals surface area contributed by atoms with Gasteiger partial charge in [0.2, 0.25) is 0 Å². The van der Waals surface area contributed by atoms with Crippen molar-refractivity contribution >= 4 is 23.3 Å². The van der Waals surface area contributed by atoms with Gasteiger partial charge in [-0.25, -0.2) is 9.48 Å². The third-order valence-corrected chi connectivity index (χ3v) is 7.71. The summed E-state index contributed by atoms with van der Waals surface area (Å²) in [6, 6.07) is 29.6. The molecule has 1 aliphatic rings. The summed E-state index contributed by atoms with van der Waals surface area (Å²) in [7, 11) is 0. The fourth-order valence-electron chi connectivity index (χ4n) is 5.31. The number of aromatic nitrogens is 3. The molecule has 7 heteroatoms. The minimum Gasteiger partial charge on any atom is -0.307 e. The van der Waals surface area contributed by atoms with E-state index in [1.54, 1.807) is 6.07 Å². The predicted molar refractivity (Wildman–Crippen MR) is 156 cm³/mol. The Labute approximate surface area is 233 Å². The Hall–Kier alpha value is -4.29. The largest absolute Gasteiger partial charge is 0.323 e. The molecule has 1 atom stereocenters. The first-order chi connectivity index (χ1) is 18.9. The molecule has 3 aromatic carbocycles. The van der Waals surface area contributed by atoms with Gasteiger partial charge in [0, 0.05) is 11.8 Å². The average molecular weight is 536 g/mol. The van der Waals surface area contributed by atoms with Gasteiger partial charge in [-0.2, -0.15) is 5.10 Å². The molecule has 6 rings (SSSR count). The number of nitrogens with one attached hydrogen (secondary N) is 1. The lowest BCUT2D eigenvalue weighted by atomic mass is 9.97. The summed E-state index contributed by atoms with van der Waals surface area (Å²) in [6.45, 7) is 6.75. The Bertz CT molecular complexity index is 1640. The second-order valence-electron chi connectivity index (χ2n) is 10.2. The highest BCUT2D eigenvalue weighted by Gasteiger charge is 2.36. The molecule has 1 aliphatic heterocycles. The van der Waals surface area contributed by atoms with E-state index in [9.17, 15) is 4.79 Å². The lowest BCUT2D eigenvalue weighted by Gasteiger charge is -2.31. The summed E-state index contributed by atoms with van der Waals surface area (Å²) in [4.78, 5) is 16.0. The average Bonchev–Trinajstić information content (AvgIpc) is 3.51. The summed E-state index contributed by atoms with van der Waals surface area (Å²) in [5.74, 6) is 1.36. The third kappa shape index (κ3) is 4.51. The Morgan fingerprint density at radius 1 is 0.949 bits per heavy atom. The van der Waals surface area contributed by atoms with Crippen LogP contribution < -0.4 is 5.32 Å². The predicted octanol–water partition coefficient (Wildman–Crippen LogP) is 7.89. The van der Waals surface area contributed by atoms with Crippen molar-refractivity contribution in [3.8, 4) is 11.5 Å². The van der Waals surface area contributed by atoms with Crippen molar-refractivity contribution in [1.29, 1.82) is 0 Å². The Balaban J connectivity index is 1.53. The molecule has 0 aliphatic carbocycles. The summed E-state index contributed by atoms with van der Waals surface area (Å²) in [6.07, 6.45) is 2.06. The zero-order chi connectivity index (χ0) is 27.1. The molecule has 3 heterocycles. The molecule has 0 radical (unpaired) electrons. The van der Waals surface area contributed by atoms with E-state index >= 15 is 0 Å². The van der Waals surface area contributed by atoms with Gasteiger partial charge in [0.25, 0.3) is 0 Å². The molecular weight excluding hydrogens is 506 g/mol. The number of benzene rings is 3. The Morgan fingerprint density at radius 2 is 1.67 bits per heavy atom. The van der Waals surface area contributed by atoms with Crippen molar-refractivity contribution in [3.05, 3.63) is 130 Å². The van der Waals surface area contributed by atoms with E-state index in [0.717, 1.165) is 34.0 Å². The summed E-state index contributed by atoms with van der Waals surface area (Å²) in [5, 5.41) is 8.48. The van der Waals surface area contributed by atoms with Crippen molar-refractivity contribution in [3.63, 3.8) is 0 Å². The van der Waals surface area contributed by atoms with Crippen molar-refractivity contribution in [2.75, 3.05) is 5.32 Å². The van der Waals surface area contributed by atoms with Crippen LogP contribution in [0.5, 0.6) is 0 Å². The Kier molecular flexibility index (Phi) is 6.49. The number of rotatable bonds is 4. The van der Waals surface area contributed by atoms with E-state index in [1.807, 2.05) is 71.1 Å². The van der Waals surface area contributed by atoms with Crippen LogP contribution in [0.25, 0.3) is 11.5 Å². The van der Waals surface area contributed by atoms with Crippen LogP contribution in [0.2, 0.25) is 5.02 Å². The van der Waals surface area contributed by atoms with E-state index in [0.29, 0.717) is 23.2 Å². The fourth-order valence-corrected chi connectivity index (χ4v) is 5.50. The van der Waals surface area contributed by atoms with Crippen molar-refractivity contribution < 1.29 is 4.79 Å². The summed E-state index contributed by atoms with van der Waals surface area (Å²) >= 11 is 6.43. The van der Waals surface area contributed by atoms with Crippen LogP contribution >= 0.6 is 11.6 Å². The number of para-hydroxylation sites is 2. The fraction of sp³-hybridized carbons (Fsp3) is 0.188. The van der Waals surface area contributed by atoms with E-state index in [1.165, 1.54) is 5.56 Å². The van der Waals surface area contributed by atoms with Gasteiger partial charge in [-0.15, -0.1) is 0 Å². The van der Waals surface area contributed by atoms with Crippen molar-refractivity contribution in [2.45, 2.75) is 39.3 Å². The van der Waals surface area contributed by atoms with Crippen LogP contribution in [-0.2, 0) is 6.54 Å². The number of anilines is 1. The maximum atomic E-state index is 14.1. The van der Waals surface area contributed by atoms with Crippen LogP contribution in [0.4, 0.5) is 10.5 Å². The van der Waals surface area contributed by atoms with Gasteiger partial charge in [0.15, 0.2) is 0 Å². The molecule has 1 unspecified atom stereocenters. The minimum atomic E-state index is -0.334. The highest BCUT2D eigenvalue weighted by molar-refractivity contribution is 6.33. The molecular formula is C32H30ClN5O. The SMILES string of the molecule is Cc1nn(-c2ccccc2)c2c1CN(C(=O)Nc1ccccc1Cl)C(c1ccc(C(C)C)cc1)c1cccn1-2. The molecule has 0 fully saturated rings. The number of hydrogen-bond donors (Lipinski definition) is 1. The van der Waals surface area contributed by atoms with Crippen LogP contribution in [0.15, 0.2) is 97.2 Å². The lowest BCUT2D eigenvalue weighted by molar-refractivity contribution is 0.194. The van der Waals surface area contributed by atoms with Crippen LogP contribution in [0.3, 0.4) is 0 Å². The second kappa shape index (κ2) is 10.1. The number of aryl methyl sites for hydroxylation is 1. The number of carbonyl (C=O) groups is 1.